The second-order valence-corrected chi connectivity index (χ2v) is 8.01. The number of rotatable bonds is 12. The van der Waals surface area contributed by atoms with Crippen LogP contribution in [0.1, 0.15) is 86.4 Å². The average molecular weight is 346 g/mol. The predicted molar refractivity (Wildman–Crippen MR) is 84.3 cm³/mol. The Kier molecular flexibility index (Phi) is 14.3. The van der Waals surface area contributed by atoms with Crippen LogP contribution >= 0.6 is 0 Å². The van der Waals surface area contributed by atoms with E-state index in [0.717, 1.165) is 33.1 Å². The van der Waals surface area contributed by atoms with Crippen molar-refractivity contribution in [2.75, 3.05) is 0 Å². The molecule has 0 aliphatic rings. The number of carbonyl (C=O) groups is 1. The molecule has 0 heterocycles. The van der Waals surface area contributed by atoms with Gasteiger partial charge in [-0.3, -0.25) is 4.79 Å². The molecule has 0 saturated carbocycles. The molecule has 0 saturated heterocycles. The van der Waals surface area contributed by atoms with Crippen molar-refractivity contribution in [3.05, 3.63) is 0 Å². The van der Waals surface area contributed by atoms with E-state index in [0.29, 0.717) is 6.42 Å². The summed E-state index contributed by atoms with van der Waals surface area (Å²) >= 11 is 0. The molecule has 0 spiro atoms. The summed E-state index contributed by atoms with van der Waals surface area (Å²) in [7, 11) is -4.25. The van der Waals surface area contributed by atoms with E-state index in [1.807, 2.05) is 0 Å². The van der Waals surface area contributed by atoms with Crippen LogP contribution in [0.4, 0.5) is 0 Å². The third-order valence-corrected chi connectivity index (χ3v) is 4.93. The summed E-state index contributed by atoms with van der Waals surface area (Å²) in [6.07, 6.45) is 10.1. The van der Waals surface area contributed by atoms with E-state index in [2.05, 4.69) is 11.1 Å². The quantitative estimate of drug-likeness (QED) is 0.318. The second-order valence-electron chi connectivity index (χ2n) is 5.93. The number of hydrogen-bond acceptors (Lipinski definition) is 5. The van der Waals surface area contributed by atoms with Gasteiger partial charge in [-0.25, -0.2) is 0 Å². The molecule has 0 aromatic heterocycles. The molecule has 0 bridgehead atoms. The Morgan fingerprint density at radius 2 is 1.41 bits per heavy atom. The van der Waals surface area contributed by atoms with E-state index in [4.69, 9.17) is 0 Å². The molecule has 0 atom stereocenters. The van der Waals surface area contributed by atoms with Crippen LogP contribution in [0, 0.1) is 0 Å². The van der Waals surface area contributed by atoms with Crippen molar-refractivity contribution in [2.24, 2.45) is 0 Å². The summed E-state index contributed by atoms with van der Waals surface area (Å²) in [5.41, 5.74) is 0. The van der Waals surface area contributed by atoms with Gasteiger partial charge in [-0.05, 0) is 20.3 Å². The van der Waals surface area contributed by atoms with E-state index in [-0.39, 0.29) is 37.4 Å². The van der Waals surface area contributed by atoms with Gasteiger partial charge < -0.3 is 10.7 Å². The molecule has 0 rings (SSSR count). The van der Waals surface area contributed by atoms with Gasteiger partial charge in [0.15, 0.2) is 4.93 Å². The Bertz CT molecular complexity index is 393. The molecule has 7 heteroatoms. The zero-order valence-electron chi connectivity index (χ0n) is 15.6. The molecule has 0 amide bonds. The van der Waals surface area contributed by atoms with E-state index >= 15 is 0 Å². The summed E-state index contributed by atoms with van der Waals surface area (Å²) in [6.45, 7) is 4.35. The monoisotopic (exact) mass is 346 g/mol. The van der Waals surface area contributed by atoms with Crippen molar-refractivity contribution < 1.29 is 53.5 Å². The fourth-order valence-electron chi connectivity index (χ4n) is 1.85. The van der Waals surface area contributed by atoms with Crippen molar-refractivity contribution in [1.82, 2.24) is 0 Å². The van der Waals surface area contributed by atoms with Crippen molar-refractivity contribution in [3.8, 4) is 0 Å². The molecular weight excluding hydrogens is 315 g/mol. The first-order valence-electron chi connectivity index (χ1n) is 7.90. The fraction of sp³-hybridized carbons (Fsp3) is 0.933. The zero-order valence-corrected chi connectivity index (χ0v) is 17.4. The molecule has 0 aromatic carbocycles. The predicted octanol–water partition coefficient (Wildman–Crippen LogP) is 0.625. The SMILES string of the molecule is CCCCCCCCCCCC(=O)OS(=O)(=O)C(C)(C)O.[H-].[Na+]. The van der Waals surface area contributed by atoms with Gasteiger partial charge in [-0.1, -0.05) is 58.3 Å². The van der Waals surface area contributed by atoms with Gasteiger partial charge in [0, 0.05) is 6.42 Å². The Morgan fingerprint density at radius 1 is 1.00 bits per heavy atom. The third kappa shape index (κ3) is 11.9. The topological polar surface area (TPSA) is 80.7 Å². The summed E-state index contributed by atoms with van der Waals surface area (Å²) < 4.78 is 27.2. The second kappa shape index (κ2) is 12.8. The van der Waals surface area contributed by atoms with E-state index < -0.39 is 21.0 Å². The van der Waals surface area contributed by atoms with Crippen LogP contribution in [0.3, 0.4) is 0 Å². The van der Waals surface area contributed by atoms with Crippen LogP contribution in [0.2, 0.25) is 0 Å². The molecule has 22 heavy (non-hydrogen) atoms. The largest absolute Gasteiger partial charge is 1.00 e. The third-order valence-electron chi connectivity index (χ3n) is 3.30. The summed E-state index contributed by atoms with van der Waals surface area (Å²) in [5, 5.41) is 9.36. The molecular formula is C15H31NaO5S. The summed E-state index contributed by atoms with van der Waals surface area (Å²) in [6, 6.07) is 0. The van der Waals surface area contributed by atoms with Crippen molar-refractivity contribution in [3.63, 3.8) is 0 Å². The first-order chi connectivity index (χ1) is 9.70. The van der Waals surface area contributed by atoms with Crippen LogP contribution in [0.15, 0.2) is 0 Å². The number of hydrogen-bond donors (Lipinski definition) is 1. The first kappa shape index (κ1) is 24.6. The van der Waals surface area contributed by atoms with E-state index in [9.17, 15) is 18.3 Å². The summed E-state index contributed by atoms with van der Waals surface area (Å²) in [4.78, 5) is 9.35. The van der Waals surface area contributed by atoms with Crippen LogP contribution < -0.4 is 29.6 Å². The molecule has 128 valence electrons. The smallest absolute Gasteiger partial charge is 1.00 e. The standard InChI is InChI=1S/C15H30O5S.Na.H/c1-4-5-6-7-8-9-10-11-12-13-14(16)20-21(18,19)15(2,3)17;;/h17H,4-13H2,1-3H3;;/q;+1;-1. The van der Waals surface area contributed by atoms with Gasteiger partial charge in [0.2, 0.25) is 0 Å². The normalized spacial score (nSPS) is 11.8. The van der Waals surface area contributed by atoms with Crippen LogP contribution in [0.25, 0.3) is 0 Å². The number of carbonyl (C=O) groups excluding carboxylic acids is 1. The fourth-order valence-corrected chi connectivity index (χ4v) is 2.38. The van der Waals surface area contributed by atoms with Gasteiger partial charge >= 0.3 is 45.6 Å². The molecule has 0 aliphatic heterocycles. The maximum absolute atomic E-state index is 11.4. The molecule has 1 N–H and O–H groups in total. The van der Waals surface area contributed by atoms with Gasteiger partial charge in [0.25, 0.3) is 0 Å². The summed E-state index contributed by atoms with van der Waals surface area (Å²) in [5.74, 6) is -0.792. The Hall–Kier alpha value is 0.380. The number of aliphatic hydroxyl groups is 1. The van der Waals surface area contributed by atoms with Crippen LogP contribution in [-0.4, -0.2) is 24.4 Å². The molecule has 0 radical (unpaired) electrons. The maximum Gasteiger partial charge on any atom is 1.00 e. The minimum absolute atomic E-state index is 0. The van der Waals surface area contributed by atoms with Gasteiger partial charge in [-0.2, -0.15) is 8.42 Å². The Morgan fingerprint density at radius 3 is 1.82 bits per heavy atom. The number of unbranched alkanes of at least 4 members (excludes halogenated alkanes) is 8. The first-order valence-corrected chi connectivity index (χ1v) is 9.30. The molecule has 5 nitrogen and oxygen atoms in total. The van der Waals surface area contributed by atoms with Crippen LogP contribution in [-0.2, 0) is 19.1 Å². The molecule has 0 fully saturated rings. The molecule has 0 aliphatic carbocycles. The van der Waals surface area contributed by atoms with Crippen molar-refractivity contribution in [1.29, 1.82) is 0 Å². The van der Waals surface area contributed by atoms with E-state index in [1.165, 1.54) is 32.1 Å². The maximum atomic E-state index is 11.4. The molecule has 0 aromatic rings. The van der Waals surface area contributed by atoms with Crippen molar-refractivity contribution >= 4 is 16.1 Å². The average Bonchev–Trinajstić information content (AvgIpc) is 2.35. The Labute approximate surface area is 159 Å². The van der Waals surface area contributed by atoms with E-state index in [1.54, 1.807) is 0 Å². The molecule has 0 unspecified atom stereocenters. The van der Waals surface area contributed by atoms with Gasteiger partial charge in [0.05, 0.1) is 0 Å². The van der Waals surface area contributed by atoms with Crippen molar-refractivity contribution in [2.45, 2.75) is 89.9 Å². The van der Waals surface area contributed by atoms with Gasteiger partial charge in [-0.15, -0.1) is 0 Å². The zero-order chi connectivity index (χ0) is 16.4. The minimum atomic E-state index is -4.25. The van der Waals surface area contributed by atoms with Crippen LogP contribution in [0.5, 0.6) is 0 Å². The Balaban J connectivity index is -0.00000200. The minimum Gasteiger partial charge on any atom is -1.00 e. The van der Waals surface area contributed by atoms with Gasteiger partial charge in [0.1, 0.15) is 0 Å².